The Balaban J connectivity index is 2.25. The van der Waals surface area contributed by atoms with Crippen molar-refractivity contribution in [1.29, 1.82) is 0 Å². The van der Waals surface area contributed by atoms with Gasteiger partial charge in [-0.1, -0.05) is 50.1 Å². The third-order valence-electron chi connectivity index (χ3n) is 3.63. The zero-order chi connectivity index (χ0) is 15.7. The van der Waals surface area contributed by atoms with Gasteiger partial charge in [0.05, 0.1) is 0 Å². The number of carbonyl (C=O) groups excluding carboxylic acids is 1. The number of aryl methyl sites for hydroxylation is 1. The van der Waals surface area contributed by atoms with E-state index in [4.69, 9.17) is 10.9 Å². The zero-order valence-electron chi connectivity index (χ0n) is 12.4. The lowest BCUT2D eigenvalue weighted by atomic mass is 9.95. The lowest BCUT2D eigenvalue weighted by Gasteiger charge is -2.22. The Morgan fingerprint density at radius 3 is 2.57 bits per heavy atom. The van der Waals surface area contributed by atoms with Gasteiger partial charge in [0.2, 0.25) is 0 Å². The summed E-state index contributed by atoms with van der Waals surface area (Å²) in [5.74, 6) is 5.62. The first-order chi connectivity index (χ1) is 10.0. The number of hydrogen-bond acceptors (Lipinski definition) is 3. The van der Waals surface area contributed by atoms with Crippen LogP contribution in [0.3, 0.4) is 0 Å². The van der Waals surface area contributed by atoms with Gasteiger partial charge in [-0.05, 0) is 30.7 Å². The molecule has 1 amide bonds. The minimum absolute atomic E-state index is 0.265. The summed E-state index contributed by atoms with van der Waals surface area (Å²) in [5, 5.41) is 9.37. The van der Waals surface area contributed by atoms with E-state index >= 15 is 0 Å². The Morgan fingerprint density at radius 1 is 1.33 bits per heavy atom. The number of hydrogen-bond donors (Lipinski definition) is 2. The van der Waals surface area contributed by atoms with Crippen molar-refractivity contribution in [3.8, 4) is 0 Å². The molecule has 0 saturated carbocycles. The summed E-state index contributed by atoms with van der Waals surface area (Å²) in [6, 6.07) is 9.55. The second-order valence-electron chi connectivity index (χ2n) is 5.47. The standard InChI is InChI=1S/C16H24N2O3/c1-13(11-15(12-19)18(17)16(20)21)7-5-6-10-14-8-3-2-4-9-14/h2-4,8-9,12-13,15H,5-7,10-11,17H2,1H3,(H,20,21). The van der Waals surface area contributed by atoms with Crippen LogP contribution >= 0.6 is 0 Å². The summed E-state index contributed by atoms with van der Waals surface area (Å²) in [6.07, 6.45) is 3.95. The fourth-order valence-electron chi connectivity index (χ4n) is 2.37. The Morgan fingerprint density at radius 2 is 2.00 bits per heavy atom. The average molecular weight is 292 g/mol. The third kappa shape index (κ3) is 6.40. The number of rotatable bonds is 9. The third-order valence-corrected chi connectivity index (χ3v) is 3.63. The van der Waals surface area contributed by atoms with Crippen molar-refractivity contribution >= 4 is 12.4 Å². The summed E-state index contributed by atoms with van der Waals surface area (Å²) in [4.78, 5) is 21.7. The first kappa shape index (κ1) is 17.2. The van der Waals surface area contributed by atoms with Crippen LogP contribution in [-0.2, 0) is 11.2 Å². The van der Waals surface area contributed by atoms with Crippen molar-refractivity contribution in [3.63, 3.8) is 0 Å². The highest BCUT2D eigenvalue weighted by atomic mass is 16.4. The molecule has 3 N–H and O–H groups in total. The van der Waals surface area contributed by atoms with Crippen LogP contribution in [0.15, 0.2) is 30.3 Å². The number of unbranched alkanes of at least 4 members (excludes halogenated alkanes) is 1. The fourth-order valence-corrected chi connectivity index (χ4v) is 2.37. The van der Waals surface area contributed by atoms with Crippen LogP contribution in [0, 0.1) is 5.92 Å². The maximum Gasteiger partial charge on any atom is 0.422 e. The molecule has 2 atom stereocenters. The molecular weight excluding hydrogens is 268 g/mol. The van der Waals surface area contributed by atoms with E-state index in [0.29, 0.717) is 17.7 Å². The highest BCUT2D eigenvalue weighted by Crippen LogP contribution is 2.17. The number of benzene rings is 1. The van der Waals surface area contributed by atoms with Gasteiger partial charge in [0, 0.05) is 0 Å². The molecule has 0 spiro atoms. The molecule has 0 radical (unpaired) electrons. The maximum absolute atomic E-state index is 10.9. The lowest BCUT2D eigenvalue weighted by Crippen LogP contribution is -2.46. The summed E-state index contributed by atoms with van der Waals surface area (Å²) >= 11 is 0. The van der Waals surface area contributed by atoms with Gasteiger partial charge in [-0.2, -0.15) is 0 Å². The highest BCUT2D eigenvalue weighted by Gasteiger charge is 2.21. The van der Waals surface area contributed by atoms with E-state index < -0.39 is 12.1 Å². The molecule has 0 bridgehead atoms. The molecule has 116 valence electrons. The number of aldehydes is 1. The van der Waals surface area contributed by atoms with Crippen molar-refractivity contribution in [2.45, 2.75) is 45.1 Å². The molecule has 0 aromatic heterocycles. The van der Waals surface area contributed by atoms with Crippen molar-refractivity contribution < 1.29 is 14.7 Å². The molecule has 1 rings (SSSR count). The van der Waals surface area contributed by atoms with Gasteiger partial charge < -0.3 is 9.90 Å². The lowest BCUT2D eigenvalue weighted by molar-refractivity contribution is -0.112. The molecule has 0 aliphatic carbocycles. The number of nitrogens with zero attached hydrogens (tertiary/aromatic N) is 1. The van der Waals surface area contributed by atoms with Gasteiger partial charge >= 0.3 is 6.09 Å². The Kier molecular flexibility index (Phi) is 7.46. The summed E-state index contributed by atoms with van der Waals surface area (Å²) in [5.41, 5.74) is 1.33. The summed E-state index contributed by atoms with van der Waals surface area (Å²) < 4.78 is 0. The van der Waals surface area contributed by atoms with Crippen LogP contribution in [0.1, 0.15) is 38.2 Å². The molecule has 5 heteroatoms. The first-order valence-electron chi connectivity index (χ1n) is 7.30. The molecular formula is C16H24N2O3. The van der Waals surface area contributed by atoms with E-state index in [1.165, 1.54) is 5.56 Å². The van der Waals surface area contributed by atoms with E-state index in [1.807, 2.05) is 25.1 Å². The first-order valence-corrected chi connectivity index (χ1v) is 7.30. The topological polar surface area (TPSA) is 83.6 Å². The van der Waals surface area contributed by atoms with Crippen LogP contribution in [-0.4, -0.2) is 28.5 Å². The normalized spacial score (nSPS) is 13.4. The van der Waals surface area contributed by atoms with Crippen molar-refractivity contribution in [2.75, 3.05) is 0 Å². The molecule has 0 saturated heterocycles. The van der Waals surface area contributed by atoms with Gasteiger partial charge in [0.25, 0.3) is 0 Å². The van der Waals surface area contributed by atoms with Gasteiger partial charge in [-0.25, -0.2) is 15.6 Å². The molecule has 0 aliphatic rings. The molecule has 0 heterocycles. The van der Waals surface area contributed by atoms with Crippen LogP contribution < -0.4 is 5.84 Å². The Hall–Kier alpha value is -1.88. The van der Waals surface area contributed by atoms with E-state index in [9.17, 15) is 9.59 Å². The summed E-state index contributed by atoms with van der Waals surface area (Å²) in [6.45, 7) is 2.02. The molecule has 2 unspecified atom stereocenters. The van der Waals surface area contributed by atoms with Gasteiger partial charge in [0.1, 0.15) is 12.3 Å². The minimum Gasteiger partial charge on any atom is -0.464 e. The molecule has 5 nitrogen and oxygen atoms in total. The van der Waals surface area contributed by atoms with Crippen LogP contribution in [0.5, 0.6) is 0 Å². The molecule has 0 fully saturated rings. The smallest absolute Gasteiger partial charge is 0.422 e. The average Bonchev–Trinajstić information content (AvgIpc) is 2.49. The molecule has 21 heavy (non-hydrogen) atoms. The molecule has 1 aromatic rings. The molecule has 0 aliphatic heterocycles. The number of carbonyl (C=O) groups is 2. The number of hydrazine groups is 1. The van der Waals surface area contributed by atoms with E-state index in [-0.39, 0.29) is 5.92 Å². The predicted molar refractivity (Wildman–Crippen MR) is 81.7 cm³/mol. The second-order valence-corrected chi connectivity index (χ2v) is 5.47. The van der Waals surface area contributed by atoms with Crippen molar-refractivity contribution in [1.82, 2.24) is 5.01 Å². The largest absolute Gasteiger partial charge is 0.464 e. The maximum atomic E-state index is 10.9. The minimum atomic E-state index is -1.27. The van der Waals surface area contributed by atoms with E-state index in [0.717, 1.165) is 25.7 Å². The number of carboxylic acid groups (broad SMARTS) is 1. The van der Waals surface area contributed by atoms with E-state index in [2.05, 4.69) is 12.1 Å². The van der Waals surface area contributed by atoms with Gasteiger partial charge in [-0.3, -0.25) is 0 Å². The highest BCUT2D eigenvalue weighted by molar-refractivity contribution is 5.70. The van der Waals surface area contributed by atoms with Crippen LogP contribution in [0.25, 0.3) is 0 Å². The number of nitrogens with two attached hydrogens (primary N) is 1. The van der Waals surface area contributed by atoms with Gasteiger partial charge in [-0.15, -0.1) is 0 Å². The van der Waals surface area contributed by atoms with Crippen molar-refractivity contribution in [2.24, 2.45) is 11.8 Å². The number of amides is 1. The quantitative estimate of drug-likeness (QED) is 0.241. The van der Waals surface area contributed by atoms with Gasteiger partial charge in [0.15, 0.2) is 0 Å². The van der Waals surface area contributed by atoms with Crippen LogP contribution in [0.4, 0.5) is 4.79 Å². The SMILES string of the molecule is CC(CCCCc1ccccc1)CC(C=O)N(N)C(=O)O. The zero-order valence-corrected chi connectivity index (χ0v) is 12.4. The Labute approximate surface area is 125 Å². The Bertz CT molecular complexity index is 436. The second kappa shape index (κ2) is 9.13. The monoisotopic (exact) mass is 292 g/mol. The summed E-state index contributed by atoms with van der Waals surface area (Å²) in [7, 11) is 0. The van der Waals surface area contributed by atoms with E-state index in [1.54, 1.807) is 0 Å². The fraction of sp³-hybridized carbons (Fsp3) is 0.500. The van der Waals surface area contributed by atoms with Crippen molar-refractivity contribution in [3.05, 3.63) is 35.9 Å². The predicted octanol–water partition coefficient (Wildman–Crippen LogP) is 2.85. The van der Waals surface area contributed by atoms with Crippen LogP contribution in [0.2, 0.25) is 0 Å². The molecule has 1 aromatic carbocycles.